The molecule has 1 heterocycles. The van der Waals surface area contributed by atoms with E-state index in [2.05, 4.69) is 35.2 Å². The van der Waals surface area contributed by atoms with Gasteiger partial charge in [-0.05, 0) is 35.7 Å². The van der Waals surface area contributed by atoms with Gasteiger partial charge in [0.15, 0.2) is 6.73 Å². The largest absolute Gasteiger partial charge is 0.473 e. The number of nitrogens with zero attached hydrogens (tertiary/aromatic N) is 1. The van der Waals surface area contributed by atoms with Crippen LogP contribution >= 0.6 is 0 Å². The second-order valence-corrected chi connectivity index (χ2v) is 4.71. The van der Waals surface area contributed by atoms with E-state index in [1.165, 1.54) is 28.8 Å². The molecule has 0 fully saturated rings. The number of benzene rings is 2. The first-order valence-corrected chi connectivity index (χ1v) is 5.97. The number of ether oxygens (including phenoxy) is 1. The van der Waals surface area contributed by atoms with Crippen molar-refractivity contribution in [3.63, 3.8) is 0 Å². The molecule has 0 unspecified atom stereocenters. The maximum atomic E-state index is 5.77. The van der Waals surface area contributed by atoms with Crippen molar-refractivity contribution in [3.8, 4) is 5.75 Å². The Balaban J connectivity index is 1.66. The predicted molar refractivity (Wildman–Crippen MR) is 67.4 cm³/mol. The highest BCUT2D eigenvalue weighted by Gasteiger charge is 2.21. The van der Waals surface area contributed by atoms with E-state index in [4.69, 9.17) is 4.74 Å². The van der Waals surface area contributed by atoms with Gasteiger partial charge < -0.3 is 9.64 Å². The minimum Gasteiger partial charge on any atom is -0.473 e. The first-order chi connectivity index (χ1) is 8.40. The number of anilines is 1. The average Bonchev–Trinajstić information content (AvgIpc) is 3.16. The number of para-hydroxylation sites is 1. The lowest BCUT2D eigenvalue weighted by molar-refractivity contribution is 0.289. The van der Waals surface area contributed by atoms with Crippen LogP contribution in [0.15, 0.2) is 42.5 Å². The summed E-state index contributed by atoms with van der Waals surface area (Å²) in [5.41, 5.74) is 5.52. The summed E-state index contributed by atoms with van der Waals surface area (Å²) in [5.74, 6) is 1.02. The third kappa shape index (κ3) is 1.48. The molecule has 0 saturated heterocycles. The number of hydrogen-bond donors (Lipinski definition) is 0. The van der Waals surface area contributed by atoms with Crippen molar-refractivity contribution in [1.82, 2.24) is 0 Å². The van der Waals surface area contributed by atoms with E-state index in [1.54, 1.807) is 0 Å². The summed E-state index contributed by atoms with van der Waals surface area (Å²) in [7, 11) is 0. The monoisotopic (exact) mass is 223 g/mol. The van der Waals surface area contributed by atoms with E-state index in [9.17, 15) is 0 Å². The third-order valence-corrected chi connectivity index (χ3v) is 3.52. The van der Waals surface area contributed by atoms with Gasteiger partial charge in [-0.15, -0.1) is 0 Å². The Morgan fingerprint density at radius 3 is 2.82 bits per heavy atom. The molecule has 1 aliphatic carbocycles. The Labute approximate surface area is 100 Å². The van der Waals surface area contributed by atoms with Gasteiger partial charge in [-0.1, -0.05) is 24.3 Å². The van der Waals surface area contributed by atoms with Crippen LogP contribution in [0.3, 0.4) is 0 Å². The zero-order valence-electron chi connectivity index (χ0n) is 9.52. The molecule has 0 radical (unpaired) electrons. The summed E-state index contributed by atoms with van der Waals surface area (Å²) in [6, 6.07) is 15.0. The van der Waals surface area contributed by atoms with Crippen LogP contribution in [0.2, 0.25) is 0 Å². The molecule has 2 aromatic rings. The van der Waals surface area contributed by atoms with Crippen molar-refractivity contribution in [2.45, 2.75) is 13.0 Å². The van der Waals surface area contributed by atoms with Gasteiger partial charge in [0.1, 0.15) is 5.75 Å². The minimum atomic E-state index is 0.649. The highest BCUT2D eigenvalue weighted by atomic mass is 16.5. The fraction of sp³-hybridized carbons (Fsp3) is 0.200. The molecule has 0 bridgehead atoms. The molecule has 2 heteroatoms. The van der Waals surface area contributed by atoms with Crippen LogP contribution in [0, 0.1) is 0 Å². The summed E-state index contributed by atoms with van der Waals surface area (Å²) in [6.45, 7) is 1.59. The van der Waals surface area contributed by atoms with E-state index in [0.717, 1.165) is 12.3 Å². The third-order valence-electron chi connectivity index (χ3n) is 3.52. The molecular weight excluding hydrogens is 210 g/mol. The van der Waals surface area contributed by atoms with E-state index in [1.807, 2.05) is 12.1 Å². The van der Waals surface area contributed by atoms with Crippen molar-refractivity contribution in [1.29, 1.82) is 0 Å². The summed E-state index contributed by atoms with van der Waals surface area (Å²) in [5, 5.41) is 0. The van der Waals surface area contributed by atoms with Crippen LogP contribution in [0.4, 0.5) is 5.69 Å². The van der Waals surface area contributed by atoms with Gasteiger partial charge in [-0.25, -0.2) is 0 Å². The van der Waals surface area contributed by atoms with Crippen LogP contribution in [-0.4, -0.2) is 6.73 Å². The van der Waals surface area contributed by atoms with E-state index in [-0.39, 0.29) is 0 Å². The lowest BCUT2D eigenvalue weighted by Crippen LogP contribution is -2.31. The van der Waals surface area contributed by atoms with Gasteiger partial charge in [0.2, 0.25) is 0 Å². The molecule has 2 aromatic carbocycles. The van der Waals surface area contributed by atoms with Gasteiger partial charge in [-0.3, -0.25) is 0 Å². The van der Waals surface area contributed by atoms with Gasteiger partial charge in [0, 0.05) is 17.8 Å². The quantitative estimate of drug-likeness (QED) is 0.629. The highest BCUT2D eigenvalue weighted by Crippen LogP contribution is 2.34. The Kier molecular flexibility index (Phi) is 1.75. The Morgan fingerprint density at radius 2 is 1.88 bits per heavy atom. The maximum Gasteiger partial charge on any atom is 0.161 e. The van der Waals surface area contributed by atoms with Crippen LogP contribution < -0.4 is 9.64 Å². The summed E-state index contributed by atoms with van der Waals surface area (Å²) in [6.07, 6.45) is 1.17. The summed E-state index contributed by atoms with van der Waals surface area (Å²) >= 11 is 0. The molecule has 17 heavy (non-hydrogen) atoms. The molecule has 2 aliphatic rings. The van der Waals surface area contributed by atoms with Crippen molar-refractivity contribution in [2.75, 3.05) is 11.6 Å². The summed E-state index contributed by atoms with van der Waals surface area (Å²) < 4.78 is 5.77. The smallest absolute Gasteiger partial charge is 0.161 e. The lowest BCUT2D eigenvalue weighted by Gasteiger charge is -2.30. The normalized spacial score (nSPS) is 15.9. The first kappa shape index (κ1) is 9.11. The number of hydrogen-bond acceptors (Lipinski definition) is 2. The SMILES string of the molecule is c1ccc2c(c1)CN(c1ccc3c(c1)C3)CO2. The maximum absolute atomic E-state index is 5.77. The topological polar surface area (TPSA) is 12.5 Å². The zero-order valence-corrected chi connectivity index (χ0v) is 9.52. The molecule has 0 aromatic heterocycles. The molecule has 0 atom stereocenters. The van der Waals surface area contributed by atoms with E-state index < -0.39 is 0 Å². The van der Waals surface area contributed by atoms with Crippen molar-refractivity contribution < 1.29 is 4.74 Å². The molecule has 84 valence electrons. The van der Waals surface area contributed by atoms with Crippen LogP contribution in [0.1, 0.15) is 16.7 Å². The molecule has 0 amide bonds. The predicted octanol–water partition coefficient (Wildman–Crippen LogP) is 2.95. The second kappa shape index (κ2) is 3.27. The van der Waals surface area contributed by atoms with Crippen LogP contribution in [0.5, 0.6) is 5.75 Å². The highest BCUT2D eigenvalue weighted by molar-refractivity contribution is 5.59. The molecular formula is C15H13NO. The van der Waals surface area contributed by atoms with E-state index in [0.29, 0.717) is 6.73 Å². The van der Waals surface area contributed by atoms with Gasteiger partial charge in [-0.2, -0.15) is 0 Å². The second-order valence-electron chi connectivity index (χ2n) is 4.71. The van der Waals surface area contributed by atoms with Crippen molar-refractivity contribution >= 4 is 5.69 Å². The zero-order chi connectivity index (χ0) is 11.2. The fourth-order valence-electron chi connectivity index (χ4n) is 2.42. The van der Waals surface area contributed by atoms with Gasteiger partial charge in [0.05, 0.1) is 0 Å². The van der Waals surface area contributed by atoms with E-state index >= 15 is 0 Å². The average molecular weight is 223 g/mol. The molecule has 0 N–H and O–H groups in total. The lowest BCUT2D eigenvalue weighted by atomic mass is 10.1. The number of fused-ring (bicyclic) bond motifs is 2. The minimum absolute atomic E-state index is 0.649. The Morgan fingerprint density at radius 1 is 0.941 bits per heavy atom. The standard InChI is InChI=1S/C15H13NO/c1-2-4-15-12(3-1)9-16(10-17-15)14-6-5-11-7-13(11)8-14/h1-6,8H,7,9-10H2. The van der Waals surface area contributed by atoms with Crippen molar-refractivity contribution in [3.05, 3.63) is 59.2 Å². The first-order valence-electron chi connectivity index (χ1n) is 5.97. The summed E-state index contributed by atoms with van der Waals surface area (Å²) in [4.78, 5) is 2.28. The molecule has 2 nitrogen and oxygen atoms in total. The Hall–Kier alpha value is -1.96. The molecule has 1 aliphatic heterocycles. The van der Waals surface area contributed by atoms with Gasteiger partial charge in [0.25, 0.3) is 0 Å². The van der Waals surface area contributed by atoms with Crippen molar-refractivity contribution in [2.24, 2.45) is 0 Å². The van der Waals surface area contributed by atoms with Crippen LogP contribution in [-0.2, 0) is 13.0 Å². The Bertz CT molecular complexity index is 591. The molecule has 4 rings (SSSR count). The number of rotatable bonds is 1. The molecule has 0 spiro atoms. The molecule has 0 saturated carbocycles. The van der Waals surface area contributed by atoms with Crippen LogP contribution in [0.25, 0.3) is 0 Å². The fourth-order valence-corrected chi connectivity index (χ4v) is 2.42. The van der Waals surface area contributed by atoms with Gasteiger partial charge >= 0.3 is 0 Å².